The molecule has 1 N–H and O–H groups in total. The number of benzene rings is 1. The van der Waals surface area contributed by atoms with E-state index < -0.39 is 0 Å². The summed E-state index contributed by atoms with van der Waals surface area (Å²) in [6.07, 6.45) is 1.06. The molecule has 134 valence electrons. The molecule has 0 radical (unpaired) electrons. The number of nitrogens with zero attached hydrogens (tertiary/aromatic N) is 2. The molecule has 0 spiro atoms. The summed E-state index contributed by atoms with van der Waals surface area (Å²) >= 11 is 0. The maximum absolute atomic E-state index is 13.4. The maximum atomic E-state index is 13.4. The Labute approximate surface area is 145 Å². The Morgan fingerprint density at radius 1 is 1.28 bits per heavy atom. The minimum atomic E-state index is -0.327. The number of amides is 2. The van der Waals surface area contributed by atoms with Crippen LogP contribution in [0.4, 0.5) is 9.18 Å². The van der Waals surface area contributed by atoms with Crippen LogP contribution in [0.15, 0.2) is 24.3 Å². The molecule has 0 bridgehead atoms. The third-order valence-corrected chi connectivity index (χ3v) is 4.60. The number of halogens is 1. The van der Waals surface area contributed by atoms with Gasteiger partial charge in [-0.2, -0.15) is 0 Å². The van der Waals surface area contributed by atoms with Crippen molar-refractivity contribution in [3.8, 4) is 0 Å². The van der Waals surface area contributed by atoms with Crippen molar-refractivity contribution in [2.45, 2.75) is 25.8 Å². The first-order valence-corrected chi connectivity index (χ1v) is 8.47. The van der Waals surface area contributed by atoms with Gasteiger partial charge in [0.1, 0.15) is 11.5 Å². The molecule has 1 aliphatic rings. The second-order valence-electron chi connectivity index (χ2n) is 6.23. The summed E-state index contributed by atoms with van der Waals surface area (Å²) in [5.41, 5.74) is 1.18. The van der Waals surface area contributed by atoms with Crippen LogP contribution >= 0.6 is 0 Å². The van der Waals surface area contributed by atoms with E-state index in [0.29, 0.717) is 43.7 Å². The second-order valence-corrected chi connectivity index (χ2v) is 6.23. The van der Waals surface area contributed by atoms with E-state index in [2.05, 4.69) is 5.32 Å². The van der Waals surface area contributed by atoms with Gasteiger partial charge < -0.3 is 19.5 Å². The highest BCUT2D eigenvalue weighted by atomic mass is 19.1. The van der Waals surface area contributed by atoms with Crippen LogP contribution in [0.5, 0.6) is 0 Å². The average molecular weight is 347 g/mol. The molecule has 2 amide bonds. The number of aryl methyl sites for hydroxylation is 1. The van der Waals surface area contributed by atoms with Crippen LogP contribution in [0.25, 0.3) is 10.9 Å². The first kappa shape index (κ1) is 17.3. The largest absolute Gasteiger partial charge is 0.450 e. The van der Waals surface area contributed by atoms with Gasteiger partial charge in [-0.05, 0) is 44.0 Å². The number of hydrogen-bond donors (Lipinski definition) is 1. The van der Waals surface area contributed by atoms with E-state index >= 15 is 0 Å². The topological polar surface area (TPSA) is 63.6 Å². The van der Waals surface area contributed by atoms with Gasteiger partial charge >= 0.3 is 6.09 Å². The number of likely N-dealkylation sites (tertiary alicyclic amines) is 1. The number of rotatable bonds is 3. The van der Waals surface area contributed by atoms with E-state index in [0.717, 1.165) is 5.39 Å². The third-order valence-electron chi connectivity index (χ3n) is 4.60. The first-order valence-electron chi connectivity index (χ1n) is 8.47. The molecule has 25 heavy (non-hydrogen) atoms. The molecule has 1 saturated heterocycles. The molecule has 1 aromatic heterocycles. The lowest BCUT2D eigenvalue weighted by molar-refractivity contribution is 0.0855. The predicted molar refractivity (Wildman–Crippen MR) is 92.0 cm³/mol. The summed E-state index contributed by atoms with van der Waals surface area (Å²) in [6.45, 7) is 3.26. The lowest BCUT2D eigenvalue weighted by Crippen LogP contribution is -2.46. The van der Waals surface area contributed by atoms with Crippen molar-refractivity contribution < 1.29 is 18.7 Å². The number of hydrogen-bond acceptors (Lipinski definition) is 3. The summed E-state index contributed by atoms with van der Waals surface area (Å²) in [7, 11) is 1.75. The Balaban J connectivity index is 1.64. The van der Waals surface area contributed by atoms with Crippen LogP contribution in [0, 0.1) is 5.82 Å². The van der Waals surface area contributed by atoms with E-state index in [-0.39, 0.29) is 23.9 Å². The Hall–Kier alpha value is -2.57. The molecule has 1 aromatic carbocycles. The number of nitrogens with one attached hydrogen (secondary N) is 1. The van der Waals surface area contributed by atoms with Crippen LogP contribution in [0.1, 0.15) is 30.3 Å². The fourth-order valence-corrected chi connectivity index (χ4v) is 3.20. The molecular weight excluding hydrogens is 325 g/mol. The second kappa shape index (κ2) is 7.13. The van der Waals surface area contributed by atoms with Crippen molar-refractivity contribution >= 4 is 22.9 Å². The number of ether oxygens (including phenoxy) is 1. The maximum Gasteiger partial charge on any atom is 0.409 e. The molecule has 7 heteroatoms. The zero-order valence-electron chi connectivity index (χ0n) is 14.4. The zero-order chi connectivity index (χ0) is 18.0. The van der Waals surface area contributed by atoms with Gasteiger partial charge in [0.2, 0.25) is 0 Å². The van der Waals surface area contributed by atoms with E-state index in [4.69, 9.17) is 4.74 Å². The molecule has 0 atom stereocenters. The fraction of sp³-hybridized carbons (Fsp3) is 0.444. The number of fused-ring (bicyclic) bond motifs is 1. The van der Waals surface area contributed by atoms with Crippen molar-refractivity contribution in [1.82, 2.24) is 14.8 Å². The Morgan fingerprint density at radius 3 is 2.68 bits per heavy atom. The smallest absolute Gasteiger partial charge is 0.409 e. The number of carbonyl (C=O) groups is 2. The summed E-state index contributed by atoms with van der Waals surface area (Å²) in [6, 6.07) is 6.24. The first-order chi connectivity index (χ1) is 12.0. The minimum absolute atomic E-state index is 0.00734. The van der Waals surface area contributed by atoms with Crippen molar-refractivity contribution in [1.29, 1.82) is 0 Å². The van der Waals surface area contributed by atoms with Crippen LogP contribution in [-0.4, -0.2) is 47.2 Å². The highest BCUT2D eigenvalue weighted by Crippen LogP contribution is 2.20. The van der Waals surface area contributed by atoms with Gasteiger partial charge in [0.15, 0.2) is 0 Å². The molecule has 1 fully saturated rings. The van der Waals surface area contributed by atoms with Crippen LogP contribution in [0.2, 0.25) is 0 Å². The summed E-state index contributed by atoms with van der Waals surface area (Å²) in [5.74, 6) is -0.513. The summed E-state index contributed by atoms with van der Waals surface area (Å²) < 4.78 is 20.1. The number of carbonyl (C=O) groups excluding carboxylic acids is 2. The lowest BCUT2D eigenvalue weighted by atomic mass is 10.1. The van der Waals surface area contributed by atoms with Gasteiger partial charge in [0.25, 0.3) is 5.91 Å². The predicted octanol–water partition coefficient (Wildman–Crippen LogP) is 2.67. The number of piperidine rings is 1. The number of aromatic nitrogens is 1. The molecule has 6 nitrogen and oxygen atoms in total. The zero-order valence-corrected chi connectivity index (χ0v) is 14.4. The molecule has 2 heterocycles. The fourth-order valence-electron chi connectivity index (χ4n) is 3.20. The highest BCUT2D eigenvalue weighted by molar-refractivity contribution is 5.98. The van der Waals surface area contributed by atoms with Gasteiger partial charge in [-0.15, -0.1) is 0 Å². The van der Waals surface area contributed by atoms with Crippen molar-refractivity contribution in [2.75, 3.05) is 19.7 Å². The van der Waals surface area contributed by atoms with Crippen molar-refractivity contribution in [3.05, 3.63) is 35.8 Å². The van der Waals surface area contributed by atoms with E-state index in [1.165, 1.54) is 12.1 Å². The van der Waals surface area contributed by atoms with Gasteiger partial charge in [0, 0.05) is 31.6 Å². The molecular formula is C18H22FN3O3. The third kappa shape index (κ3) is 3.60. The van der Waals surface area contributed by atoms with Crippen LogP contribution in [0.3, 0.4) is 0 Å². The van der Waals surface area contributed by atoms with Gasteiger partial charge in [-0.1, -0.05) is 0 Å². The molecule has 0 saturated carbocycles. The summed E-state index contributed by atoms with van der Waals surface area (Å²) in [4.78, 5) is 25.9. The molecule has 0 aliphatic carbocycles. The monoisotopic (exact) mass is 347 g/mol. The van der Waals surface area contributed by atoms with Gasteiger partial charge in [0.05, 0.1) is 12.1 Å². The SMILES string of the molecule is CCOC(=O)N1CCC(NC(=O)c2cc3ccc(F)cc3n2C)CC1. The molecule has 0 unspecified atom stereocenters. The molecule has 1 aliphatic heterocycles. The Morgan fingerprint density at radius 2 is 2.00 bits per heavy atom. The summed E-state index contributed by atoms with van der Waals surface area (Å²) in [5, 5.41) is 3.84. The molecule has 2 aromatic rings. The average Bonchev–Trinajstić information content (AvgIpc) is 2.92. The van der Waals surface area contributed by atoms with Crippen LogP contribution < -0.4 is 5.32 Å². The lowest BCUT2D eigenvalue weighted by Gasteiger charge is -2.31. The Bertz CT molecular complexity index is 794. The highest BCUT2D eigenvalue weighted by Gasteiger charge is 2.25. The van der Waals surface area contributed by atoms with E-state index in [1.54, 1.807) is 35.6 Å². The van der Waals surface area contributed by atoms with Crippen LogP contribution in [-0.2, 0) is 11.8 Å². The van der Waals surface area contributed by atoms with E-state index in [9.17, 15) is 14.0 Å². The minimum Gasteiger partial charge on any atom is -0.450 e. The van der Waals surface area contributed by atoms with Crippen molar-refractivity contribution in [2.24, 2.45) is 7.05 Å². The Kier molecular flexibility index (Phi) is 4.92. The molecule has 3 rings (SSSR count). The van der Waals surface area contributed by atoms with Gasteiger partial charge in [-0.3, -0.25) is 4.79 Å². The van der Waals surface area contributed by atoms with E-state index in [1.807, 2.05) is 0 Å². The van der Waals surface area contributed by atoms with Gasteiger partial charge in [-0.25, -0.2) is 9.18 Å². The van der Waals surface area contributed by atoms with Crippen molar-refractivity contribution in [3.63, 3.8) is 0 Å². The standard InChI is InChI=1S/C18H22FN3O3/c1-3-25-18(24)22-8-6-14(7-9-22)20-17(23)16-10-12-4-5-13(19)11-15(12)21(16)2/h4-5,10-11,14H,3,6-9H2,1-2H3,(H,20,23). The normalized spacial score (nSPS) is 15.4. The quantitative estimate of drug-likeness (QED) is 0.928.